The van der Waals surface area contributed by atoms with Crippen LogP contribution in [0, 0.1) is 22.7 Å². The molecule has 0 bridgehead atoms. The fourth-order valence-corrected chi connectivity index (χ4v) is 2.54. The molecule has 0 atom stereocenters. The molecule has 0 aliphatic rings. The second-order valence-electron chi connectivity index (χ2n) is 5.80. The standard InChI is InChI=1S/C22H14N4O2/c23-13-17-5-1-3-7-19(17)25-21(27)15-9-11-16(12-10-15)22(28)26-20-8-4-2-6-18(20)14-24/h1-12H,(H,25,27)(H,26,28). The minimum absolute atomic E-state index is 0.349. The van der Waals surface area contributed by atoms with Gasteiger partial charge in [-0.3, -0.25) is 9.59 Å². The highest BCUT2D eigenvalue weighted by atomic mass is 16.2. The molecule has 134 valence electrons. The highest BCUT2D eigenvalue weighted by Gasteiger charge is 2.12. The van der Waals surface area contributed by atoms with Gasteiger partial charge in [0.2, 0.25) is 0 Å². The number of para-hydroxylation sites is 2. The average molecular weight is 366 g/mol. The normalized spacial score (nSPS) is 9.64. The molecule has 0 spiro atoms. The first-order valence-corrected chi connectivity index (χ1v) is 8.33. The smallest absolute Gasteiger partial charge is 0.255 e. The Morgan fingerprint density at radius 3 is 1.32 bits per heavy atom. The maximum Gasteiger partial charge on any atom is 0.255 e. The van der Waals surface area contributed by atoms with Gasteiger partial charge in [-0.25, -0.2) is 0 Å². The van der Waals surface area contributed by atoms with E-state index in [4.69, 9.17) is 10.5 Å². The molecule has 0 unspecified atom stereocenters. The fourth-order valence-electron chi connectivity index (χ4n) is 2.54. The lowest BCUT2D eigenvalue weighted by Crippen LogP contribution is -2.15. The number of hydrogen-bond donors (Lipinski definition) is 2. The summed E-state index contributed by atoms with van der Waals surface area (Å²) in [5.74, 6) is -0.769. The maximum absolute atomic E-state index is 12.4. The highest BCUT2D eigenvalue weighted by Crippen LogP contribution is 2.17. The first kappa shape index (κ1) is 18.4. The van der Waals surface area contributed by atoms with Gasteiger partial charge < -0.3 is 10.6 Å². The molecular weight excluding hydrogens is 352 g/mol. The van der Waals surface area contributed by atoms with Gasteiger partial charge >= 0.3 is 0 Å². The van der Waals surface area contributed by atoms with Crippen LogP contribution in [0.15, 0.2) is 72.8 Å². The summed E-state index contributed by atoms with van der Waals surface area (Å²) >= 11 is 0. The maximum atomic E-state index is 12.4. The van der Waals surface area contributed by atoms with Gasteiger partial charge in [-0.05, 0) is 48.5 Å². The zero-order valence-electron chi connectivity index (χ0n) is 14.6. The Labute approximate surface area is 161 Å². The van der Waals surface area contributed by atoms with E-state index in [0.717, 1.165) is 0 Å². The van der Waals surface area contributed by atoms with E-state index in [1.807, 2.05) is 12.1 Å². The van der Waals surface area contributed by atoms with Gasteiger partial charge in [0.15, 0.2) is 0 Å². The first-order chi connectivity index (χ1) is 13.6. The fraction of sp³-hybridized carbons (Fsp3) is 0. The predicted octanol–water partition coefficient (Wildman–Crippen LogP) is 3.93. The molecule has 6 heteroatoms. The van der Waals surface area contributed by atoms with Crippen molar-refractivity contribution < 1.29 is 9.59 Å². The molecule has 3 rings (SSSR count). The quantitative estimate of drug-likeness (QED) is 0.729. The van der Waals surface area contributed by atoms with Crippen LogP contribution in [0.2, 0.25) is 0 Å². The minimum Gasteiger partial charge on any atom is -0.321 e. The van der Waals surface area contributed by atoms with Crippen LogP contribution in [0.4, 0.5) is 11.4 Å². The molecule has 28 heavy (non-hydrogen) atoms. The zero-order chi connectivity index (χ0) is 19.9. The molecule has 0 fully saturated rings. The van der Waals surface area contributed by atoms with E-state index in [2.05, 4.69) is 10.6 Å². The molecule has 0 aromatic heterocycles. The average Bonchev–Trinajstić information content (AvgIpc) is 2.74. The summed E-state index contributed by atoms with van der Waals surface area (Å²) in [6, 6.07) is 23.5. The second kappa shape index (κ2) is 8.31. The molecule has 0 saturated heterocycles. The number of nitrogens with one attached hydrogen (secondary N) is 2. The van der Waals surface area contributed by atoms with Gasteiger partial charge in [-0.1, -0.05) is 24.3 Å². The van der Waals surface area contributed by atoms with Crippen molar-refractivity contribution in [2.75, 3.05) is 10.6 Å². The molecule has 3 aromatic carbocycles. The number of amides is 2. The Balaban J connectivity index is 1.72. The van der Waals surface area contributed by atoms with Crippen molar-refractivity contribution in [2.45, 2.75) is 0 Å². The van der Waals surface area contributed by atoms with Gasteiger partial charge in [0.05, 0.1) is 22.5 Å². The van der Waals surface area contributed by atoms with E-state index in [9.17, 15) is 9.59 Å². The molecular formula is C22H14N4O2. The molecule has 3 aromatic rings. The van der Waals surface area contributed by atoms with E-state index in [-0.39, 0.29) is 11.8 Å². The number of rotatable bonds is 4. The lowest BCUT2D eigenvalue weighted by atomic mass is 10.1. The van der Waals surface area contributed by atoms with Crippen molar-refractivity contribution in [3.8, 4) is 12.1 Å². The summed E-state index contributed by atoms with van der Waals surface area (Å²) in [6.45, 7) is 0. The molecule has 0 saturated carbocycles. The van der Waals surface area contributed by atoms with Gasteiger partial charge in [-0.15, -0.1) is 0 Å². The predicted molar refractivity (Wildman–Crippen MR) is 105 cm³/mol. The number of nitrogens with zero attached hydrogens (tertiary/aromatic N) is 2. The number of carbonyl (C=O) groups excluding carboxylic acids is 2. The third-order valence-corrected chi connectivity index (χ3v) is 4.00. The van der Waals surface area contributed by atoms with Crippen LogP contribution in [-0.4, -0.2) is 11.8 Å². The Morgan fingerprint density at radius 2 is 0.964 bits per heavy atom. The first-order valence-electron chi connectivity index (χ1n) is 8.33. The molecule has 0 aliphatic carbocycles. The van der Waals surface area contributed by atoms with Crippen LogP contribution in [0.3, 0.4) is 0 Å². The van der Waals surface area contributed by atoms with E-state index in [0.29, 0.717) is 33.6 Å². The number of nitriles is 2. The number of benzene rings is 3. The van der Waals surface area contributed by atoms with Crippen LogP contribution >= 0.6 is 0 Å². The van der Waals surface area contributed by atoms with Crippen molar-refractivity contribution in [3.05, 3.63) is 95.1 Å². The summed E-state index contributed by atoms with van der Waals surface area (Å²) in [5.41, 5.74) is 2.27. The van der Waals surface area contributed by atoms with Gasteiger partial charge in [0, 0.05) is 11.1 Å². The highest BCUT2D eigenvalue weighted by molar-refractivity contribution is 6.07. The van der Waals surface area contributed by atoms with Gasteiger partial charge in [0.1, 0.15) is 12.1 Å². The Hall–Kier alpha value is -4.42. The SMILES string of the molecule is N#Cc1ccccc1NC(=O)c1ccc(C(=O)Nc2ccccc2C#N)cc1. The zero-order valence-corrected chi connectivity index (χ0v) is 14.6. The summed E-state index contributed by atoms with van der Waals surface area (Å²) in [4.78, 5) is 24.8. The second-order valence-corrected chi connectivity index (χ2v) is 5.80. The van der Waals surface area contributed by atoms with E-state index in [1.165, 1.54) is 24.3 Å². The molecule has 0 heterocycles. The van der Waals surface area contributed by atoms with Gasteiger partial charge in [-0.2, -0.15) is 10.5 Å². The summed E-state index contributed by atoms with van der Waals surface area (Å²) in [6.07, 6.45) is 0. The van der Waals surface area contributed by atoms with Crippen LogP contribution in [-0.2, 0) is 0 Å². The third-order valence-electron chi connectivity index (χ3n) is 4.00. The largest absolute Gasteiger partial charge is 0.321 e. The molecule has 6 nitrogen and oxygen atoms in total. The Morgan fingerprint density at radius 1 is 0.607 bits per heavy atom. The van der Waals surface area contributed by atoms with Crippen molar-refractivity contribution in [1.29, 1.82) is 10.5 Å². The molecule has 2 amide bonds. The van der Waals surface area contributed by atoms with Crippen LogP contribution < -0.4 is 10.6 Å². The van der Waals surface area contributed by atoms with E-state index in [1.54, 1.807) is 48.5 Å². The van der Waals surface area contributed by atoms with Crippen LogP contribution in [0.1, 0.15) is 31.8 Å². The molecule has 2 N–H and O–H groups in total. The van der Waals surface area contributed by atoms with Crippen molar-refractivity contribution >= 4 is 23.2 Å². The summed E-state index contributed by atoms with van der Waals surface area (Å²) in [7, 11) is 0. The van der Waals surface area contributed by atoms with E-state index >= 15 is 0 Å². The van der Waals surface area contributed by atoms with Crippen molar-refractivity contribution in [2.24, 2.45) is 0 Å². The van der Waals surface area contributed by atoms with E-state index < -0.39 is 0 Å². The van der Waals surface area contributed by atoms with Crippen molar-refractivity contribution in [1.82, 2.24) is 0 Å². The minimum atomic E-state index is -0.385. The molecule has 0 aliphatic heterocycles. The Bertz CT molecular complexity index is 1030. The number of anilines is 2. The van der Waals surface area contributed by atoms with Crippen LogP contribution in [0.5, 0.6) is 0 Å². The monoisotopic (exact) mass is 366 g/mol. The number of hydrogen-bond acceptors (Lipinski definition) is 4. The third kappa shape index (κ3) is 4.04. The summed E-state index contributed by atoms with van der Waals surface area (Å²) in [5, 5.41) is 23.6. The summed E-state index contributed by atoms with van der Waals surface area (Å²) < 4.78 is 0. The molecule has 0 radical (unpaired) electrons. The Kier molecular flexibility index (Phi) is 5.45. The van der Waals surface area contributed by atoms with Crippen molar-refractivity contribution in [3.63, 3.8) is 0 Å². The number of carbonyl (C=O) groups is 2. The topological polar surface area (TPSA) is 106 Å². The van der Waals surface area contributed by atoms with Crippen LogP contribution in [0.25, 0.3) is 0 Å². The lowest BCUT2D eigenvalue weighted by molar-refractivity contribution is 0.101. The lowest BCUT2D eigenvalue weighted by Gasteiger charge is -2.09. The van der Waals surface area contributed by atoms with Gasteiger partial charge in [0.25, 0.3) is 11.8 Å².